The number of benzene rings is 10. The predicted molar refractivity (Wildman–Crippen MR) is 274 cm³/mol. The van der Waals surface area contributed by atoms with E-state index < -0.39 is 5.41 Å². The molecule has 312 valence electrons. The van der Waals surface area contributed by atoms with Gasteiger partial charge in [-0.05, 0) is 109 Å². The van der Waals surface area contributed by atoms with E-state index in [1.165, 1.54) is 66.8 Å². The highest BCUT2D eigenvalue weighted by atomic mass is 16.3. The molecule has 0 radical (unpaired) electrons. The maximum atomic E-state index is 6.64. The van der Waals surface area contributed by atoms with Gasteiger partial charge < -0.3 is 9.32 Å². The Hall–Kier alpha value is -8.20. The fourth-order valence-electron chi connectivity index (χ4n) is 11.8. The van der Waals surface area contributed by atoms with Gasteiger partial charge in [-0.3, -0.25) is 0 Å². The van der Waals surface area contributed by atoms with Crippen molar-refractivity contribution in [3.05, 3.63) is 270 Å². The molecule has 1 aromatic heterocycles. The van der Waals surface area contributed by atoms with Gasteiger partial charge in [0.2, 0.25) is 0 Å². The van der Waals surface area contributed by atoms with Crippen molar-refractivity contribution in [2.24, 2.45) is 0 Å². The number of fused-ring (bicyclic) bond motifs is 12. The minimum absolute atomic E-state index is 0.191. The summed E-state index contributed by atoms with van der Waals surface area (Å²) in [6.07, 6.45) is 0. The maximum Gasteiger partial charge on any atom is 0.137 e. The molecule has 0 N–H and O–H groups in total. The van der Waals surface area contributed by atoms with Crippen LogP contribution in [-0.4, -0.2) is 0 Å². The zero-order chi connectivity index (χ0) is 44.0. The number of para-hydroxylation sites is 2. The van der Waals surface area contributed by atoms with Crippen LogP contribution >= 0.6 is 0 Å². The first-order valence-electron chi connectivity index (χ1n) is 23.0. The first-order chi connectivity index (χ1) is 32.5. The lowest BCUT2D eigenvalue weighted by atomic mass is 9.55. The van der Waals surface area contributed by atoms with E-state index in [-0.39, 0.29) is 5.41 Å². The minimum Gasteiger partial charge on any atom is -0.456 e. The number of anilines is 3. The molecule has 10 aromatic carbocycles. The van der Waals surface area contributed by atoms with E-state index in [4.69, 9.17) is 4.42 Å². The Balaban J connectivity index is 1.11. The van der Waals surface area contributed by atoms with E-state index in [0.717, 1.165) is 50.1 Å². The van der Waals surface area contributed by atoms with Crippen LogP contribution in [0, 0.1) is 0 Å². The zero-order valence-electron chi connectivity index (χ0n) is 36.9. The van der Waals surface area contributed by atoms with Gasteiger partial charge in [0.1, 0.15) is 11.2 Å². The second-order valence-electron chi connectivity index (χ2n) is 18.3. The average molecular weight is 844 g/mol. The Morgan fingerprint density at radius 1 is 0.333 bits per heavy atom. The molecular formula is C64H45NO. The van der Waals surface area contributed by atoms with Crippen molar-refractivity contribution in [2.75, 3.05) is 4.90 Å². The van der Waals surface area contributed by atoms with Crippen molar-refractivity contribution in [3.8, 4) is 44.5 Å². The van der Waals surface area contributed by atoms with Gasteiger partial charge in [-0.25, -0.2) is 0 Å². The van der Waals surface area contributed by atoms with Gasteiger partial charge in [0.15, 0.2) is 0 Å². The molecule has 2 heteroatoms. The Labute approximate surface area is 385 Å². The number of hydrogen-bond acceptors (Lipinski definition) is 2. The van der Waals surface area contributed by atoms with E-state index in [0.29, 0.717) is 0 Å². The molecule has 0 atom stereocenters. The summed E-state index contributed by atoms with van der Waals surface area (Å²) >= 11 is 0. The molecular weight excluding hydrogens is 799 g/mol. The van der Waals surface area contributed by atoms with Crippen LogP contribution in [0.1, 0.15) is 47.2 Å². The summed E-state index contributed by atoms with van der Waals surface area (Å²) < 4.78 is 6.64. The van der Waals surface area contributed by atoms with Crippen LogP contribution in [0.2, 0.25) is 0 Å². The molecule has 0 bridgehead atoms. The monoisotopic (exact) mass is 843 g/mol. The van der Waals surface area contributed by atoms with Crippen molar-refractivity contribution in [2.45, 2.75) is 24.7 Å². The van der Waals surface area contributed by atoms with Gasteiger partial charge >= 0.3 is 0 Å². The summed E-state index contributed by atoms with van der Waals surface area (Å²) in [6, 6.07) is 87.1. The average Bonchev–Trinajstić information content (AvgIpc) is 3.91. The lowest BCUT2D eigenvalue weighted by Crippen LogP contribution is -2.40. The molecule has 1 heterocycles. The topological polar surface area (TPSA) is 16.4 Å². The number of furan rings is 1. The number of hydrogen-bond donors (Lipinski definition) is 0. The van der Waals surface area contributed by atoms with Crippen LogP contribution in [0.15, 0.2) is 241 Å². The maximum absolute atomic E-state index is 6.64. The lowest BCUT2D eigenvalue weighted by Gasteiger charge is -2.46. The van der Waals surface area contributed by atoms with E-state index in [1.807, 2.05) is 0 Å². The standard InChI is InChI=1S/C64H45NO/c1-63(2)53-31-14-16-33-55(53)64(56-34-17-15-32-54(56)63)52-30-13-10-27-48(52)49-40-39-43(41-57(49)64)65(59-36-20-38-61-62(59)51-29-12-19-37-60(51)66-61)58-35-18-11-28-50(58)47-26-9-8-25-46(47)45-24-7-6-23-44(45)42-21-4-3-5-22-42/h3-41H,1-2H3. The molecule has 66 heavy (non-hydrogen) atoms. The minimum atomic E-state index is -0.544. The van der Waals surface area contributed by atoms with E-state index in [9.17, 15) is 0 Å². The highest BCUT2D eigenvalue weighted by Gasteiger charge is 2.53. The Morgan fingerprint density at radius 3 is 1.53 bits per heavy atom. The fourth-order valence-corrected chi connectivity index (χ4v) is 11.8. The Kier molecular flexibility index (Phi) is 8.51. The van der Waals surface area contributed by atoms with Gasteiger partial charge in [-0.1, -0.05) is 214 Å². The molecule has 0 amide bonds. The molecule has 2 aliphatic rings. The molecule has 0 saturated carbocycles. The fraction of sp³-hybridized carbons (Fsp3) is 0.0625. The predicted octanol–water partition coefficient (Wildman–Crippen LogP) is 17.1. The summed E-state index contributed by atoms with van der Waals surface area (Å²) in [5.74, 6) is 0. The molecule has 11 aromatic rings. The van der Waals surface area contributed by atoms with E-state index >= 15 is 0 Å². The molecule has 1 spiro atoms. The number of rotatable bonds is 6. The molecule has 0 unspecified atom stereocenters. The summed E-state index contributed by atoms with van der Waals surface area (Å²) in [5.41, 5.74) is 21.9. The third-order valence-electron chi connectivity index (χ3n) is 14.6. The van der Waals surface area contributed by atoms with Crippen molar-refractivity contribution in [1.29, 1.82) is 0 Å². The summed E-state index contributed by atoms with van der Waals surface area (Å²) in [7, 11) is 0. The first-order valence-corrected chi connectivity index (χ1v) is 23.0. The molecule has 0 saturated heterocycles. The highest BCUT2D eigenvalue weighted by molar-refractivity contribution is 6.14. The SMILES string of the molecule is CC1(C)c2ccccc2C2(c3ccccc3-c3ccc(N(c4ccccc4-c4ccccc4-c4ccccc4-c4ccccc4)c4cccc5oc6ccccc6c45)cc32)c2ccccc21. The largest absolute Gasteiger partial charge is 0.456 e. The summed E-state index contributed by atoms with van der Waals surface area (Å²) in [5, 5.41) is 2.17. The second kappa shape index (κ2) is 14.7. The molecule has 2 aliphatic carbocycles. The van der Waals surface area contributed by atoms with Gasteiger partial charge in [-0.15, -0.1) is 0 Å². The van der Waals surface area contributed by atoms with Crippen LogP contribution in [-0.2, 0) is 10.8 Å². The molecule has 0 aliphatic heterocycles. The van der Waals surface area contributed by atoms with Crippen LogP contribution in [0.25, 0.3) is 66.4 Å². The van der Waals surface area contributed by atoms with Crippen LogP contribution in [0.4, 0.5) is 17.1 Å². The first kappa shape index (κ1) is 38.3. The van der Waals surface area contributed by atoms with E-state index in [1.54, 1.807) is 0 Å². The number of nitrogens with zero attached hydrogens (tertiary/aromatic N) is 1. The lowest BCUT2D eigenvalue weighted by molar-refractivity contribution is 0.563. The molecule has 2 nitrogen and oxygen atoms in total. The summed E-state index contributed by atoms with van der Waals surface area (Å²) in [4.78, 5) is 2.50. The smallest absolute Gasteiger partial charge is 0.137 e. The second-order valence-corrected chi connectivity index (χ2v) is 18.3. The van der Waals surface area contributed by atoms with Gasteiger partial charge in [0, 0.05) is 22.1 Å². The van der Waals surface area contributed by atoms with Crippen LogP contribution in [0.5, 0.6) is 0 Å². The third-order valence-corrected chi connectivity index (χ3v) is 14.6. The Bertz CT molecular complexity index is 3650. The van der Waals surface area contributed by atoms with Crippen molar-refractivity contribution in [3.63, 3.8) is 0 Å². The van der Waals surface area contributed by atoms with Crippen LogP contribution in [0.3, 0.4) is 0 Å². The molecule has 13 rings (SSSR count). The van der Waals surface area contributed by atoms with Gasteiger partial charge in [-0.2, -0.15) is 0 Å². The van der Waals surface area contributed by atoms with Crippen molar-refractivity contribution in [1.82, 2.24) is 0 Å². The summed E-state index contributed by atoms with van der Waals surface area (Å²) in [6.45, 7) is 4.78. The van der Waals surface area contributed by atoms with E-state index in [2.05, 4.69) is 255 Å². The van der Waals surface area contributed by atoms with Gasteiger partial charge in [0.25, 0.3) is 0 Å². The van der Waals surface area contributed by atoms with Crippen molar-refractivity contribution < 1.29 is 4.42 Å². The zero-order valence-corrected chi connectivity index (χ0v) is 36.9. The molecule has 0 fully saturated rings. The van der Waals surface area contributed by atoms with Crippen LogP contribution < -0.4 is 4.90 Å². The van der Waals surface area contributed by atoms with Crippen molar-refractivity contribution >= 4 is 39.0 Å². The van der Waals surface area contributed by atoms with Gasteiger partial charge in [0.05, 0.1) is 22.2 Å². The third kappa shape index (κ3) is 5.42. The quantitative estimate of drug-likeness (QED) is 0.166. The normalized spacial score (nSPS) is 13.8. The Morgan fingerprint density at radius 2 is 0.818 bits per heavy atom. The highest BCUT2D eigenvalue weighted by Crippen LogP contribution is 2.63.